The smallest absolute Gasteiger partial charge is 0.325 e. The maximum absolute atomic E-state index is 11.1. The van der Waals surface area contributed by atoms with Crippen LogP contribution < -0.4 is 9.84 Å². The van der Waals surface area contributed by atoms with Crippen molar-refractivity contribution in [3.63, 3.8) is 0 Å². The van der Waals surface area contributed by atoms with E-state index in [2.05, 4.69) is 9.98 Å². The van der Waals surface area contributed by atoms with Crippen molar-refractivity contribution in [3.05, 3.63) is 23.8 Å². The van der Waals surface area contributed by atoms with Crippen LogP contribution >= 0.6 is 0 Å². The van der Waals surface area contributed by atoms with E-state index >= 15 is 0 Å². The number of phenols is 1. The Labute approximate surface area is 147 Å². The first kappa shape index (κ1) is 33.4. The molecule has 10 N–H and O–H groups in total. The molecule has 0 aromatic heterocycles. The van der Waals surface area contributed by atoms with E-state index in [0.29, 0.717) is 11.3 Å². The van der Waals surface area contributed by atoms with Gasteiger partial charge in [0.25, 0.3) is 0 Å². The molecule has 0 bridgehead atoms. The second-order valence-corrected chi connectivity index (χ2v) is 3.47. The van der Waals surface area contributed by atoms with Crippen LogP contribution in [0.2, 0.25) is 0 Å². The second-order valence-electron chi connectivity index (χ2n) is 3.47. The minimum absolute atomic E-state index is 0. The zero-order valence-electron chi connectivity index (χ0n) is 12.6. The summed E-state index contributed by atoms with van der Waals surface area (Å²) < 4.78 is 4.92. The number of carboxylic acids is 1. The Morgan fingerprint density at radius 2 is 1.83 bits per heavy atom. The standard InChI is InChI=1S/C12H14N2O5.Co.4H2O/c1-19-9-4-2-3-8(12(9)18)5-13-6-10(15)14-7-11(16)17;;;;;/h2-5,18H,6-7H2,1H3,(H,14,15)(H,16,17);;4*1H2/p-1. The van der Waals surface area contributed by atoms with Crippen LogP contribution in [-0.4, -0.2) is 70.4 Å². The Morgan fingerprint density at radius 3 is 2.33 bits per heavy atom. The van der Waals surface area contributed by atoms with Crippen molar-refractivity contribution >= 4 is 18.1 Å². The molecule has 0 amide bonds. The Balaban J connectivity index is -0.000000241. The quantitative estimate of drug-likeness (QED) is 0.364. The fourth-order valence-electron chi connectivity index (χ4n) is 1.24. The summed E-state index contributed by atoms with van der Waals surface area (Å²) in [6, 6.07) is 4.84. The van der Waals surface area contributed by atoms with E-state index in [1.165, 1.54) is 13.3 Å². The molecule has 0 aliphatic heterocycles. The van der Waals surface area contributed by atoms with Gasteiger partial charge in [-0.3, -0.25) is 14.8 Å². The SMILES string of the molecule is COc1cccc(C=NCC([O-])=NCC(=O)O)c1O.O.O.O.O.[Co]. The average molecular weight is 396 g/mol. The summed E-state index contributed by atoms with van der Waals surface area (Å²) in [7, 11) is 1.42. The summed E-state index contributed by atoms with van der Waals surface area (Å²) in [4.78, 5) is 17.2. The molecule has 1 aromatic rings. The first-order chi connectivity index (χ1) is 9.04. The van der Waals surface area contributed by atoms with Crippen LogP contribution in [0.4, 0.5) is 0 Å². The molecule has 0 aliphatic carbocycles. The van der Waals surface area contributed by atoms with Crippen LogP contribution in [0.15, 0.2) is 28.2 Å². The van der Waals surface area contributed by atoms with E-state index in [-0.39, 0.29) is 51.0 Å². The zero-order chi connectivity index (χ0) is 14.3. The molecule has 1 aromatic carbocycles. The van der Waals surface area contributed by atoms with Gasteiger partial charge in [0.05, 0.1) is 13.7 Å². The van der Waals surface area contributed by atoms with E-state index in [9.17, 15) is 15.0 Å². The van der Waals surface area contributed by atoms with Crippen molar-refractivity contribution in [3.8, 4) is 11.5 Å². The molecule has 143 valence electrons. The predicted molar refractivity (Wildman–Crippen MR) is 81.5 cm³/mol. The Kier molecular flexibility index (Phi) is 23.8. The molecule has 0 spiro atoms. The number of para-hydroxylation sites is 1. The van der Waals surface area contributed by atoms with Gasteiger partial charge in [0, 0.05) is 28.6 Å². The van der Waals surface area contributed by atoms with Crippen LogP contribution in [-0.2, 0) is 21.6 Å². The summed E-state index contributed by atoms with van der Waals surface area (Å²) in [6.45, 7) is -0.845. The van der Waals surface area contributed by atoms with Crippen LogP contribution in [0.25, 0.3) is 0 Å². The first-order valence-corrected chi connectivity index (χ1v) is 5.32. The van der Waals surface area contributed by atoms with Gasteiger partial charge >= 0.3 is 5.97 Å². The zero-order valence-corrected chi connectivity index (χ0v) is 13.6. The van der Waals surface area contributed by atoms with Crippen molar-refractivity contribution in [1.82, 2.24) is 0 Å². The molecule has 0 fully saturated rings. The van der Waals surface area contributed by atoms with Crippen molar-refractivity contribution in [2.45, 2.75) is 0 Å². The molecule has 0 heterocycles. The maximum Gasteiger partial charge on any atom is 0.325 e. The van der Waals surface area contributed by atoms with Gasteiger partial charge in [0.2, 0.25) is 0 Å². The number of rotatable bonds is 6. The molecule has 0 saturated heterocycles. The molecule has 1 rings (SSSR count). The number of hydrogen-bond acceptors (Lipinski definition) is 6. The topological polar surface area (TPSA) is 241 Å². The largest absolute Gasteiger partial charge is 0.861 e. The molecule has 0 saturated carbocycles. The minimum Gasteiger partial charge on any atom is -0.861 e. The van der Waals surface area contributed by atoms with Crippen molar-refractivity contribution in [2.75, 3.05) is 20.2 Å². The number of benzene rings is 1. The van der Waals surface area contributed by atoms with Crippen molar-refractivity contribution in [2.24, 2.45) is 9.98 Å². The summed E-state index contributed by atoms with van der Waals surface area (Å²) in [5, 5.41) is 29.2. The molecular weight excluding hydrogens is 375 g/mol. The number of ether oxygens (including phenoxy) is 1. The number of aromatic hydroxyl groups is 1. The van der Waals surface area contributed by atoms with Gasteiger partial charge in [-0.2, -0.15) is 0 Å². The maximum atomic E-state index is 11.1. The van der Waals surface area contributed by atoms with E-state index in [4.69, 9.17) is 9.84 Å². The van der Waals surface area contributed by atoms with E-state index in [1.807, 2.05) is 0 Å². The normalized spacial score (nSPS) is 9.29. The van der Waals surface area contributed by atoms with E-state index in [1.54, 1.807) is 18.2 Å². The van der Waals surface area contributed by atoms with Gasteiger partial charge in [0.15, 0.2) is 11.5 Å². The number of carboxylic acid groups (broad SMARTS) is 1. The van der Waals surface area contributed by atoms with E-state index < -0.39 is 18.4 Å². The predicted octanol–water partition coefficient (Wildman–Crippen LogP) is -3.64. The average Bonchev–Trinajstić information content (AvgIpc) is 2.38. The Morgan fingerprint density at radius 1 is 1.25 bits per heavy atom. The number of nitrogens with zero attached hydrogens (tertiary/aromatic N) is 2. The summed E-state index contributed by atoms with van der Waals surface area (Å²) in [5.74, 6) is -1.60. The van der Waals surface area contributed by atoms with Crippen molar-refractivity contribution in [1.29, 1.82) is 0 Å². The fraction of sp³-hybridized carbons (Fsp3) is 0.250. The van der Waals surface area contributed by atoms with Gasteiger partial charge in [-0.1, -0.05) is 6.07 Å². The Bertz CT molecular complexity index is 523. The van der Waals surface area contributed by atoms with Crippen LogP contribution in [0, 0.1) is 0 Å². The summed E-state index contributed by atoms with van der Waals surface area (Å²) >= 11 is 0. The third kappa shape index (κ3) is 11.4. The third-order valence-corrected chi connectivity index (χ3v) is 2.10. The van der Waals surface area contributed by atoms with Gasteiger partial charge in [-0.15, -0.1) is 0 Å². The minimum atomic E-state index is -1.18. The summed E-state index contributed by atoms with van der Waals surface area (Å²) in [5.41, 5.74) is 0.394. The number of hydrogen-bond donors (Lipinski definition) is 2. The number of methoxy groups -OCH3 is 1. The summed E-state index contributed by atoms with van der Waals surface area (Å²) in [6.07, 6.45) is 1.30. The number of aliphatic imine (C=N–C) groups is 2. The first-order valence-electron chi connectivity index (χ1n) is 5.32. The molecule has 12 heteroatoms. The van der Waals surface area contributed by atoms with Gasteiger partial charge in [0.1, 0.15) is 6.54 Å². The van der Waals surface area contributed by atoms with Gasteiger partial charge in [-0.05, 0) is 18.0 Å². The molecule has 1 radical (unpaired) electrons. The Hall–Kier alpha value is -2.22. The monoisotopic (exact) mass is 396 g/mol. The molecule has 0 unspecified atom stereocenters. The number of aliphatic carboxylic acids is 1. The molecule has 24 heavy (non-hydrogen) atoms. The van der Waals surface area contributed by atoms with Gasteiger partial charge in [-0.25, -0.2) is 0 Å². The number of carbonyl (C=O) groups is 1. The molecule has 11 nitrogen and oxygen atoms in total. The molecule has 0 atom stereocenters. The molecular formula is C12H21CoN2O9-. The third-order valence-electron chi connectivity index (χ3n) is 2.10. The van der Waals surface area contributed by atoms with E-state index in [0.717, 1.165) is 0 Å². The fourth-order valence-corrected chi connectivity index (χ4v) is 1.24. The van der Waals surface area contributed by atoms with Crippen LogP contribution in [0.5, 0.6) is 11.5 Å². The molecule has 0 aliphatic rings. The van der Waals surface area contributed by atoms with Crippen LogP contribution in [0.1, 0.15) is 5.56 Å². The van der Waals surface area contributed by atoms with Gasteiger partial charge < -0.3 is 42.0 Å². The number of phenolic OH excluding ortho intramolecular Hbond substituents is 1. The van der Waals surface area contributed by atoms with Crippen molar-refractivity contribution < 1.29 is 63.5 Å². The van der Waals surface area contributed by atoms with Crippen LogP contribution in [0.3, 0.4) is 0 Å². The second kappa shape index (κ2) is 17.1.